The van der Waals surface area contributed by atoms with Gasteiger partial charge in [0.25, 0.3) is 0 Å². The Balaban J connectivity index is 1.21. The minimum Gasteiger partial charge on any atom is -0.486 e. The first-order valence-electron chi connectivity index (χ1n) is 12.1. The number of rotatable bonds is 5. The van der Waals surface area contributed by atoms with Crippen LogP contribution in [-0.2, 0) is 23.1 Å². The van der Waals surface area contributed by atoms with Gasteiger partial charge in [-0.1, -0.05) is 12.1 Å². The third-order valence-electron chi connectivity index (χ3n) is 6.90. The summed E-state index contributed by atoms with van der Waals surface area (Å²) in [5.41, 5.74) is 4.02. The fraction of sp³-hybridized carbons (Fsp3) is 0.346. The molecule has 3 aliphatic rings. The van der Waals surface area contributed by atoms with E-state index in [0.29, 0.717) is 30.4 Å². The molecule has 1 fully saturated rings. The SMILES string of the molecule is O=S(=O)(c1ccc2c(c1)OCCO2)N1Cc2cnc(C(O)c3cccc(N4CCNCC4)c3)cc2C1. The van der Waals surface area contributed by atoms with Crippen LogP contribution >= 0.6 is 0 Å². The summed E-state index contributed by atoms with van der Waals surface area (Å²) in [6, 6.07) is 14.4. The molecule has 4 heterocycles. The summed E-state index contributed by atoms with van der Waals surface area (Å²) in [4.78, 5) is 6.94. The summed E-state index contributed by atoms with van der Waals surface area (Å²) in [5, 5.41) is 14.5. The molecule has 3 aromatic rings. The Labute approximate surface area is 210 Å². The van der Waals surface area contributed by atoms with Gasteiger partial charge in [0.05, 0.1) is 10.6 Å². The topological polar surface area (TPSA) is 104 Å². The number of aliphatic hydroxyl groups excluding tert-OH is 1. The van der Waals surface area contributed by atoms with Crippen LogP contribution in [-0.4, -0.2) is 62.2 Å². The zero-order chi connectivity index (χ0) is 24.7. The number of nitrogens with one attached hydrogen (secondary N) is 1. The van der Waals surface area contributed by atoms with Gasteiger partial charge < -0.3 is 24.8 Å². The smallest absolute Gasteiger partial charge is 0.243 e. The number of aliphatic hydroxyl groups is 1. The molecule has 0 spiro atoms. The second kappa shape index (κ2) is 9.36. The number of sulfonamides is 1. The molecule has 9 nitrogen and oxygen atoms in total. The third kappa shape index (κ3) is 4.30. The Hall–Kier alpha value is -3.18. The van der Waals surface area contributed by atoms with Crippen LogP contribution in [0.25, 0.3) is 0 Å². The molecule has 6 rings (SSSR count). The number of nitrogens with zero attached hydrogens (tertiary/aromatic N) is 3. The van der Waals surface area contributed by atoms with E-state index in [1.54, 1.807) is 18.3 Å². The molecule has 36 heavy (non-hydrogen) atoms. The summed E-state index contributed by atoms with van der Waals surface area (Å²) >= 11 is 0. The molecule has 10 heteroatoms. The van der Waals surface area contributed by atoms with E-state index >= 15 is 0 Å². The maximum absolute atomic E-state index is 13.4. The molecular weight excluding hydrogens is 480 g/mol. The van der Waals surface area contributed by atoms with E-state index in [-0.39, 0.29) is 18.0 Å². The van der Waals surface area contributed by atoms with Crippen molar-refractivity contribution in [2.75, 3.05) is 44.3 Å². The first kappa shape index (κ1) is 23.2. The lowest BCUT2D eigenvalue weighted by Gasteiger charge is -2.30. The van der Waals surface area contributed by atoms with Gasteiger partial charge >= 0.3 is 0 Å². The Bertz CT molecular complexity index is 1390. The highest BCUT2D eigenvalue weighted by atomic mass is 32.2. The van der Waals surface area contributed by atoms with Crippen molar-refractivity contribution in [3.63, 3.8) is 0 Å². The van der Waals surface area contributed by atoms with Crippen LogP contribution in [0.3, 0.4) is 0 Å². The standard InChI is InChI=1S/C26H28N4O5S/c31-26(18-2-1-3-21(12-18)29-8-6-27-7-9-29)23-13-19-16-30(17-20(19)15-28-23)36(32,33)22-4-5-24-25(14-22)35-11-10-34-24/h1-5,12-15,26-27,31H,6-11,16-17H2. The van der Waals surface area contributed by atoms with Gasteiger partial charge in [-0.15, -0.1) is 0 Å². The van der Waals surface area contributed by atoms with Crippen LogP contribution in [0.15, 0.2) is 59.6 Å². The largest absolute Gasteiger partial charge is 0.486 e. The monoisotopic (exact) mass is 508 g/mol. The van der Waals surface area contributed by atoms with E-state index in [4.69, 9.17) is 9.47 Å². The quantitative estimate of drug-likeness (QED) is 0.540. The van der Waals surface area contributed by atoms with Crippen LogP contribution in [0.2, 0.25) is 0 Å². The van der Waals surface area contributed by atoms with Gasteiger partial charge in [-0.2, -0.15) is 4.31 Å². The van der Waals surface area contributed by atoms with E-state index in [9.17, 15) is 13.5 Å². The summed E-state index contributed by atoms with van der Waals surface area (Å²) in [6.07, 6.45) is 0.773. The Morgan fingerprint density at radius 1 is 0.944 bits per heavy atom. The van der Waals surface area contributed by atoms with Crippen molar-refractivity contribution in [2.24, 2.45) is 0 Å². The molecule has 1 saturated heterocycles. The van der Waals surface area contributed by atoms with Gasteiger partial charge in [-0.05, 0) is 47.0 Å². The van der Waals surface area contributed by atoms with Gasteiger partial charge in [0, 0.05) is 57.2 Å². The van der Waals surface area contributed by atoms with Crippen molar-refractivity contribution in [3.05, 3.63) is 77.1 Å². The number of anilines is 1. The number of pyridine rings is 1. The number of hydrogen-bond acceptors (Lipinski definition) is 8. The summed E-state index contributed by atoms with van der Waals surface area (Å²) in [7, 11) is -3.75. The lowest BCUT2D eigenvalue weighted by molar-refractivity contribution is 0.171. The highest BCUT2D eigenvalue weighted by Crippen LogP contribution is 2.36. The number of hydrogen-bond donors (Lipinski definition) is 2. The third-order valence-corrected chi connectivity index (χ3v) is 8.68. The number of piperazine rings is 1. The van der Waals surface area contributed by atoms with E-state index in [2.05, 4.69) is 21.3 Å². The van der Waals surface area contributed by atoms with Crippen LogP contribution in [0, 0.1) is 0 Å². The predicted octanol–water partition coefficient (Wildman–Crippen LogP) is 2.05. The number of benzene rings is 2. The van der Waals surface area contributed by atoms with Gasteiger partial charge in [0.15, 0.2) is 11.5 Å². The zero-order valence-electron chi connectivity index (χ0n) is 19.8. The number of ether oxygens (including phenoxy) is 2. The van der Waals surface area contributed by atoms with E-state index < -0.39 is 16.1 Å². The molecular formula is C26H28N4O5S. The van der Waals surface area contributed by atoms with Crippen LogP contribution in [0.5, 0.6) is 11.5 Å². The minimum atomic E-state index is -3.75. The van der Waals surface area contributed by atoms with Crippen molar-refractivity contribution < 1.29 is 23.0 Å². The maximum Gasteiger partial charge on any atom is 0.243 e. The van der Waals surface area contributed by atoms with Gasteiger partial charge in [0.2, 0.25) is 10.0 Å². The highest BCUT2D eigenvalue weighted by molar-refractivity contribution is 7.89. The van der Waals surface area contributed by atoms with Crippen molar-refractivity contribution >= 4 is 15.7 Å². The summed E-state index contributed by atoms with van der Waals surface area (Å²) < 4.78 is 39.2. The molecule has 0 amide bonds. The summed E-state index contributed by atoms with van der Waals surface area (Å²) in [5.74, 6) is 0.989. The molecule has 2 N–H and O–H groups in total. The zero-order valence-corrected chi connectivity index (χ0v) is 20.6. The second-order valence-electron chi connectivity index (χ2n) is 9.19. The van der Waals surface area contributed by atoms with Crippen molar-refractivity contribution in [3.8, 4) is 11.5 Å². The first-order valence-corrected chi connectivity index (χ1v) is 13.5. The molecule has 0 saturated carbocycles. The summed E-state index contributed by atoms with van der Waals surface area (Å²) in [6.45, 7) is 5.00. The predicted molar refractivity (Wildman–Crippen MR) is 134 cm³/mol. The average molecular weight is 509 g/mol. The van der Waals surface area contributed by atoms with Crippen LogP contribution < -0.4 is 19.7 Å². The number of aromatic nitrogens is 1. The van der Waals surface area contributed by atoms with E-state index in [1.165, 1.54) is 10.4 Å². The van der Waals surface area contributed by atoms with Crippen LogP contribution in [0.4, 0.5) is 5.69 Å². The maximum atomic E-state index is 13.4. The van der Waals surface area contributed by atoms with Crippen LogP contribution in [0.1, 0.15) is 28.5 Å². The van der Waals surface area contributed by atoms with Crippen molar-refractivity contribution in [1.82, 2.24) is 14.6 Å². The highest BCUT2D eigenvalue weighted by Gasteiger charge is 2.32. The molecule has 2 aromatic carbocycles. The molecule has 0 aliphatic carbocycles. The van der Waals surface area contributed by atoms with E-state index in [1.807, 2.05) is 24.3 Å². The molecule has 0 bridgehead atoms. The van der Waals surface area contributed by atoms with Crippen molar-refractivity contribution in [2.45, 2.75) is 24.1 Å². The lowest BCUT2D eigenvalue weighted by atomic mass is 10.0. The van der Waals surface area contributed by atoms with Gasteiger partial charge in [0.1, 0.15) is 19.3 Å². The first-order chi connectivity index (χ1) is 17.5. The normalized spacial score (nSPS) is 18.6. The molecule has 0 radical (unpaired) electrons. The fourth-order valence-corrected chi connectivity index (χ4v) is 6.32. The molecule has 188 valence electrons. The second-order valence-corrected chi connectivity index (χ2v) is 11.1. The number of fused-ring (bicyclic) bond motifs is 2. The lowest BCUT2D eigenvalue weighted by Crippen LogP contribution is -2.43. The molecule has 3 aliphatic heterocycles. The average Bonchev–Trinajstić information content (AvgIpc) is 3.37. The van der Waals surface area contributed by atoms with Gasteiger partial charge in [-0.3, -0.25) is 4.98 Å². The van der Waals surface area contributed by atoms with Gasteiger partial charge in [-0.25, -0.2) is 8.42 Å². The Kier molecular flexibility index (Phi) is 6.04. The fourth-order valence-electron chi connectivity index (χ4n) is 4.91. The molecule has 1 aromatic heterocycles. The van der Waals surface area contributed by atoms with E-state index in [0.717, 1.165) is 48.6 Å². The molecule has 1 unspecified atom stereocenters. The Morgan fingerprint density at radius 2 is 1.72 bits per heavy atom. The minimum absolute atomic E-state index is 0.164. The Morgan fingerprint density at radius 3 is 2.56 bits per heavy atom. The molecule has 1 atom stereocenters. The van der Waals surface area contributed by atoms with Crippen molar-refractivity contribution in [1.29, 1.82) is 0 Å².